The first kappa shape index (κ1) is 18.1. The van der Waals surface area contributed by atoms with E-state index in [0.29, 0.717) is 10.8 Å². The summed E-state index contributed by atoms with van der Waals surface area (Å²) in [4.78, 5) is 21.3. The third-order valence-electron chi connectivity index (χ3n) is 3.65. The molecule has 1 amide bonds. The summed E-state index contributed by atoms with van der Waals surface area (Å²) in [5, 5.41) is 2.81. The molecule has 0 aliphatic heterocycles. The third kappa shape index (κ3) is 4.67. The molecule has 0 saturated heterocycles. The number of hydrogen-bond acceptors (Lipinski definition) is 4. The fourth-order valence-electron chi connectivity index (χ4n) is 2.37. The number of nitrogens with zero attached hydrogens (tertiary/aromatic N) is 2. The lowest BCUT2D eigenvalue weighted by Gasteiger charge is -2.12. The van der Waals surface area contributed by atoms with Crippen molar-refractivity contribution in [3.8, 4) is 11.3 Å². The highest BCUT2D eigenvalue weighted by molar-refractivity contribution is 8.00. The number of carbonyl (C=O) groups excluding carboxylic acids is 1. The molecule has 0 spiro atoms. The number of halogens is 1. The van der Waals surface area contributed by atoms with E-state index in [9.17, 15) is 9.18 Å². The summed E-state index contributed by atoms with van der Waals surface area (Å²) in [6, 6.07) is 17.6. The van der Waals surface area contributed by atoms with E-state index in [2.05, 4.69) is 15.3 Å². The van der Waals surface area contributed by atoms with Crippen molar-refractivity contribution in [2.75, 3.05) is 5.32 Å². The third-order valence-corrected chi connectivity index (χ3v) is 4.61. The maximum atomic E-state index is 13.2. The standard InChI is InChI=1S/C20H18FN3OS/c1-13-11-18(15-7-4-3-5-8-15)24-20(22-13)26-14(2)19(25)23-17-10-6-9-16(21)12-17/h3-12,14H,1-2H3,(H,23,25). The minimum Gasteiger partial charge on any atom is -0.325 e. The van der Waals surface area contributed by atoms with Gasteiger partial charge >= 0.3 is 0 Å². The Hall–Kier alpha value is -2.73. The smallest absolute Gasteiger partial charge is 0.237 e. The van der Waals surface area contributed by atoms with Crippen LogP contribution >= 0.6 is 11.8 Å². The predicted octanol–water partition coefficient (Wildman–Crippen LogP) is 4.71. The summed E-state index contributed by atoms with van der Waals surface area (Å²) < 4.78 is 13.2. The van der Waals surface area contributed by atoms with E-state index in [1.807, 2.05) is 43.3 Å². The van der Waals surface area contributed by atoms with Gasteiger partial charge in [-0.3, -0.25) is 4.79 Å². The number of amides is 1. The van der Waals surface area contributed by atoms with E-state index in [1.165, 1.54) is 23.9 Å². The predicted molar refractivity (Wildman–Crippen MR) is 103 cm³/mol. The number of aromatic nitrogens is 2. The number of aryl methyl sites for hydroxylation is 1. The van der Waals surface area contributed by atoms with Crippen molar-refractivity contribution in [2.45, 2.75) is 24.3 Å². The van der Waals surface area contributed by atoms with Gasteiger partial charge in [-0.25, -0.2) is 14.4 Å². The largest absolute Gasteiger partial charge is 0.325 e. The number of carbonyl (C=O) groups is 1. The summed E-state index contributed by atoms with van der Waals surface area (Å²) >= 11 is 1.27. The van der Waals surface area contributed by atoms with Crippen LogP contribution in [0, 0.1) is 12.7 Å². The van der Waals surface area contributed by atoms with Crippen LogP contribution in [-0.4, -0.2) is 21.1 Å². The molecule has 0 saturated carbocycles. The Balaban J connectivity index is 1.73. The molecule has 0 radical (unpaired) electrons. The topological polar surface area (TPSA) is 54.9 Å². The first-order valence-corrected chi connectivity index (χ1v) is 9.03. The summed E-state index contributed by atoms with van der Waals surface area (Å²) in [6.45, 7) is 3.67. The average Bonchev–Trinajstić information content (AvgIpc) is 2.62. The molecule has 1 heterocycles. The molecule has 26 heavy (non-hydrogen) atoms. The monoisotopic (exact) mass is 367 g/mol. The van der Waals surface area contributed by atoms with Crippen LogP contribution < -0.4 is 5.32 Å². The van der Waals surface area contributed by atoms with Crippen LogP contribution in [0.5, 0.6) is 0 Å². The zero-order chi connectivity index (χ0) is 18.5. The van der Waals surface area contributed by atoms with Crippen molar-refractivity contribution in [3.63, 3.8) is 0 Å². The van der Waals surface area contributed by atoms with Crippen LogP contribution in [0.2, 0.25) is 0 Å². The molecule has 0 aliphatic carbocycles. The molecule has 2 aromatic carbocycles. The van der Waals surface area contributed by atoms with Crippen LogP contribution in [0.1, 0.15) is 12.6 Å². The molecule has 0 bridgehead atoms. The lowest BCUT2D eigenvalue weighted by Crippen LogP contribution is -2.22. The highest BCUT2D eigenvalue weighted by atomic mass is 32.2. The van der Waals surface area contributed by atoms with Crippen LogP contribution in [0.3, 0.4) is 0 Å². The molecule has 1 N–H and O–H groups in total. The maximum absolute atomic E-state index is 13.2. The molecular weight excluding hydrogens is 349 g/mol. The molecule has 3 aromatic rings. The molecule has 0 aliphatic rings. The van der Waals surface area contributed by atoms with Crippen molar-refractivity contribution < 1.29 is 9.18 Å². The zero-order valence-corrected chi connectivity index (χ0v) is 15.3. The van der Waals surface area contributed by atoms with Crippen molar-refractivity contribution in [2.24, 2.45) is 0 Å². The number of thioether (sulfide) groups is 1. The van der Waals surface area contributed by atoms with Gasteiger partial charge in [-0.1, -0.05) is 48.2 Å². The highest BCUT2D eigenvalue weighted by Crippen LogP contribution is 2.25. The Morgan fingerprint density at radius 1 is 1.08 bits per heavy atom. The lowest BCUT2D eigenvalue weighted by atomic mass is 10.1. The van der Waals surface area contributed by atoms with Gasteiger partial charge in [-0.05, 0) is 38.1 Å². The van der Waals surface area contributed by atoms with E-state index in [0.717, 1.165) is 17.0 Å². The van der Waals surface area contributed by atoms with Crippen molar-refractivity contribution >= 4 is 23.4 Å². The molecule has 1 aromatic heterocycles. The highest BCUT2D eigenvalue weighted by Gasteiger charge is 2.17. The number of anilines is 1. The summed E-state index contributed by atoms with van der Waals surface area (Å²) in [7, 11) is 0. The Kier molecular flexibility index (Phi) is 5.63. The SMILES string of the molecule is Cc1cc(-c2ccccc2)nc(SC(C)C(=O)Nc2cccc(F)c2)n1. The molecule has 4 nitrogen and oxygen atoms in total. The number of benzene rings is 2. The fraction of sp³-hybridized carbons (Fsp3) is 0.150. The van der Waals surface area contributed by atoms with Gasteiger partial charge in [0.1, 0.15) is 5.82 Å². The molecule has 1 atom stereocenters. The van der Waals surface area contributed by atoms with E-state index in [-0.39, 0.29) is 5.91 Å². The molecule has 3 rings (SSSR count). The number of hydrogen-bond donors (Lipinski definition) is 1. The van der Waals surface area contributed by atoms with Gasteiger partial charge in [0.15, 0.2) is 5.16 Å². The van der Waals surface area contributed by atoms with E-state index >= 15 is 0 Å². The molecule has 1 unspecified atom stereocenters. The van der Waals surface area contributed by atoms with Crippen molar-refractivity contribution in [1.29, 1.82) is 0 Å². The van der Waals surface area contributed by atoms with E-state index in [1.54, 1.807) is 19.1 Å². The van der Waals surface area contributed by atoms with Gasteiger partial charge in [-0.2, -0.15) is 0 Å². The first-order chi connectivity index (χ1) is 12.5. The summed E-state index contributed by atoms with van der Waals surface area (Å²) in [5.41, 5.74) is 3.08. The van der Waals surface area contributed by atoms with Gasteiger partial charge in [0.2, 0.25) is 5.91 Å². The molecule has 0 fully saturated rings. The van der Waals surface area contributed by atoms with E-state index in [4.69, 9.17) is 0 Å². The average molecular weight is 367 g/mol. The quantitative estimate of drug-likeness (QED) is 0.524. The van der Waals surface area contributed by atoms with Crippen molar-refractivity contribution in [3.05, 3.63) is 72.2 Å². The van der Waals surface area contributed by atoms with Gasteiger partial charge < -0.3 is 5.32 Å². The lowest BCUT2D eigenvalue weighted by molar-refractivity contribution is -0.115. The van der Waals surface area contributed by atoms with Crippen molar-refractivity contribution in [1.82, 2.24) is 9.97 Å². The van der Waals surface area contributed by atoms with Crippen LogP contribution in [0.25, 0.3) is 11.3 Å². The Labute approximate surface area is 155 Å². The second-order valence-electron chi connectivity index (χ2n) is 5.80. The number of nitrogens with one attached hydrogen (secondary N) is 1. The summed E-state index contributed by atoms with van der Waals surface area (Å²) in [5.74, 6) is -0.621. The van der Waals surface area contributed by atoms with Gasteiger partial charge in [0, 0.05) is 16.9 Å². The van der Waals surface area contributed by atoms with Crippen LogP contribution in [0.15, 0.2) is 65.8 Å². The van der Waals surface area contributed by atoms with E-state index < -0.39 is 11.1 Å². The van der Waals surface area contributed by atoms with Crippen LogP contribution in [0.4, 0.5) is 10.1 Å². The number of rotatable bonds is 5. The molecule has 132 valence electrons. The van der Waals surface area contributed by atoms with Gasteiger partial charge in [0.05, 0.1) is 10.9 Å². The van der Waals surface area contributed by atoms with Gasteiger partial charge in [0.25, 0.3) is 0 Å². The minimum atomic E-state index is -0.427. The Bertz CT molecular complexity index is 918. The normalized spacial score (nSPS) is 11.8. The zero-order valence-electron chi connectivity index (χ0n) is 14.4. The second kappa shape index (κ2) is 8.10. The minimum absolute atomic E-state index is 0.230. The van der Waals surface area contributed by atoms with Crippen LogP contribution in [-0.2, 0) is 4.79 Å². The fourth-order valence-corrected chi connectivity index (χ4v) is 3.20. The Morgan fingerprint density at radius 3 is 2.58 bits per heavy atom. The summed E-state index contributed by atoms with van der Waals surface area (Å²) in [6.07, 6.45) is 0. The molecule has 6 heteroatoms. The van der Waals surface area contributed by atoms with Gasteiger partial charge in [-0.15, -0.1) is 0 Å². The molecular formula is C20H18FN3OS. The maximum Gasteiger partial charge on any atom is 0.237 e. The Morgan fingerprint density at radius 2 is 1.85 bits per heavy atom. The first-order valence-electron chi connectivity index (χ1n) is 8.15. The second-order valence-corrected chi connectivity index (χ2v) is 7.11.